The summed E-state index contributed by atoms with van der Waals surface area (Å²) in [5.41, 5.74) is 1.15. The zero-order valence-corrected chi connectivity index (χ0v) is 19.9. The molecule has 4 N–H and O–H groups in total. The fourth-order valence-electron chi connectivity index (χ4n) is 3.50. The van der Waals surface area contributed by atoms with Crippen LogP contribution in [0.4, 0.5) is 4.39 Å². The molecule has 0 aromatic heterocycles. The molecule has 0 spiro atoms. The molecule has 0 saturated carbocycles. The Kier molecular flexibility index (Phi) is 27.7. The number of hydrogen-bond acceptors (Lipinski definition) is 3. The maximum absolute atomic E-state index is 14.3. The highest BCUT2D eigenvalue weighted by Gasteiger charge is 2.22. The number of hydrogen-bond donors (Lipinski definition) is 0. The highest BCUT2D eigenvalue weighted by atomic mass is 32.1. The van der Waals surface area contributed by atoms with Gasteiger partial charge in [-0.15, -0.1) is 0 Å². The van der Waals surface area contributed by atoms with Gasteiger partial charge in [0.05, 0.1) is 13.2 Å². The molecule has 31 heavy (non-hydrogen) atoms. The largest absolute Gasteiger partial charge is 0.412 e. The summed E-state index contributed by atoms with van der Waals surface area (Å²) >= 11 is 0. The second-order valence-corrected chi connectivity index (χ2v) is 8.59. The summed E-state index contributed by atoms with van der Waals surface area (Å²) in [6.07, 6.45) is 8.05. The molecule has 0 aromatic carbocycles. The summed E-state index contributed by atoms with van der Waals surface area (Å²) in [6.45, 7) is 13.6. The van der Waals surface area contributed by atoms with Gasteiger partial charge in [0.1, 0.15) is 5.83 Å². The fraction of sp³-hybridized carbons (Fsp3) is 0.750. The number of ether oxygens (including phenoxy) is 2. The Morgan fingerprint density at radius 1 is 1.26 bits per heavy atom. The third-order valence-corrected chi connectivity index (χ3v) is 4.90. The van der Waals surface area contributed by atoms with Gasteiger partial charge in [-0.1, -0.05) is 54.4 Å². The molecule has 0 amide bonds. The first-order chi connectivity index (χ1) is 12.2. The molecule has 0 radical (unpaired) electrons. The highest BCUT2D eigenvalue weighted by Crippen LogP contribution is 2.26. The first kappa shape index (κ1) is 40.6. The average Bonchev–Trinajstić information content (AvgIpc) is 2.53. The van der Waals surface area contributed by atoms with Gasteiger partial charge in [0, 0.05) is 19.8 Å². The summed E-state index contributed by atoms with van der Waals surface area (Å²) in [5, 5.41) is 0. The summed E-state index contributed by atoms with van der Waals surface area (Å²) in [5.74, 6) is 0.723. The van der Waals surface area contributed by atoms with Crippen molar-refractivity contribution in [1.29, 1.82) is 0 Å². The van der Waals surface area contributed by atoms with E-state index in [0.29, 0.717) is 18.4 Å². The van der Waals surface area contributed by atoms with Crippen LogP contribution in [0.3, 0.4) is 0 Å². The van der Waals surface area contributed by atoms with Crippen LogP contribution >= 0.6 is 13.5 Å². The van der Waals surface area contributed by atoms with E-state index in [2.05, 4.69) is 46.3 Å². The van der Waals surface area contributed by atoms with E-state index in [9.17, 15) is 4.39 Å². The zero-order chi connectivity index (χ0) is 19.6. The van der Waals surface area contributed by atoms with Crippen molar-refractivity contribution in [3.63, 3.8) is 0 Å². The van der Waals surface area contributed by atoms with Crippen molar-refractivity contribution >= 4 is 13.5 Å². The highest BCUT2D eigenvalue weighted by molar-refractivity contribution is 7.59. The SMILES string of the molecule is C.C.C=C/C=C(\C=C(\F)COC[C@H]1CCOC[C@@H]1C)CCC(C)(C)CN(C)C.O.O.S. The molecule has 1 heterocycles. The van der Waals surface area contributed by atoms with E-state index in [-0.39, 0.29) is 57.2 Å². The maximum atomic E-state index is 14.3. The summed E-state index contributed by atoms with van der Waals surface area (Å²) in [7, 11) is 4.16. The summed E-state index contributed by atoms with van der Waals surface area (Å²) < 4.78 is 25.3. The van der Waals surface area contributed by atoms with E-state index in [0.717, 1.165) is 44.6 Å². The van der Waals surface area contributed by atoms with Crippen molar-refractivity contribution in [1.82, 2.24) is 4.90 Å². The van der Waals surface area contributed by atoms with E-state index >= 15 is 0 Å². The van der Waals surface area contributed by atoms with Crippen molar-refractivity contribution < 1.29 is 24.8 Å². The van der Waals surface area contributed by atoms with Crippen LogP contribution in [0.15, 0.2) is 36.2 Å². The summed E-state index contributed by atoms with van der Waals surface area (Å²) in [6, 6.07) is 0. The van der Waals surface area contributed by atoms with Gasteiger partial charge < -0.3 is 25.3 Å². The Morgan fingerprint density at radius 3 is 2.39 bits per heavy atom. The predicted molar refractivity (Wildman–Crippen MR) is 139 cm³/mol. The molecule has 2 atom stereocenters. The van der Waals surface area contributed by atoms with Crippen molar-refractivity contribution in [3.05, 3.63) is 36.2 Å². The van der Waals surface area contributed by atoms with Crippen LogP contribution in [-0.2, 0) is 9.47 Å². The second-order valence-electron chi connectivity index (χ2n) is 8.59. The predicted octanol–water partition coefficient (Wildman–Crippen LogP) is 4.75. The number of nitrogens with zero attached hydrogens (tertiary/aromatic N) is 1. The third kappa shape index (κ3) is 18.6. The van der Waals surface area contributed by atoms with Crippen molar-refractivity contribution in [2.45, 2.75) is 54.9 Å². The molecule has 1 rings (SSSR count). The second kappa shape index (κ2) is 21.2. The van der Waals surface area contributed by atoms with Crippen LogP contribution < -0.4 is 0 Å². The zero-order valence-electron chi connectivity index (χ0n) is 18.9. The molecule has 0 aliphatic carbocycles. The molecule has 0 unspecified atom stereocenters. The van der Waals surface area contributed by atoms with Crippen LogP contribution in [0.5, 0.6) is 0 Å². The van der Waals surface area contributed by atoms with Crippen LogP contribution in [0, 0.1) is 17.3 Å². The lowest BCUT2D eigenvalue weighted by molar-refractivity contribution is -0.0128. The van der Waals surface area contributed by atoms with E-state index in [4.69, 9.17) is 9.47 Å². The molecule has 0 bridgehead atoms. The third-order valence-electron chi connectivity index (χ3n) is 4.90. The number of halogens is 1. The first-order valence-corrected chi connectivity index (χ1v) is 9.71. The Bertz CT molecular complexity index is 496. The van der Waals surface area contributed by atoms with E-state index in [1.807, 2.05) is 6.08 Å². The molecule has 5 nitrogen and oxygen atoms in total. The monoisotopic (exact) mass is 469 g/mol. The molecule has 7 heteroatoms. The molecular weight excluding hydrogens is 417 g/mol. The number of allylic oxidation sites excluding steroid dienone is 4. The molecule has 1 fully saturated rings. The van der Waals surface area contributed by atoms with Gasteiger partial charge in [-0.2, -0.15) is 13.5 Å². The fourth-order valence-corrected chi connectivity index (χ4v) is 3.50. The van der Waals surface area contributed by atoms with Gasteiger partial charge in [-0.3, -0.25) is 0 Å². The van der Waals surface area contributed by atoms with Crippen LogP contribution in [0.25, 0.3) is 0 Å². The standard InChI is InChI=1S/C22H38FNO2.2CH4.2H2O.H2S/c1-7-8-19(9-11-22(3,4)17-24(5)6)13-21(23)16-26-15-20-10-12-25-14-18(20)2;;;;;/h7-8,13,18,20H,1,9-12,14-17H2,2-6H3;2*1H4;3*1H2/b19-8-,21-13+;;;;;/t18-,20+;;;;;/m0...../s1. The Labute approximate surface area is 198 Å². The lowest BCUT2D eigenvalue weighted by atomic mass is 9.85. The van der Waals surface area contributed by atoms with Crippen molar-refractivity contribution in [2.24, 2.45) is 17.3 Å². The minimum atomic E-state index is -0.219. The van der Waals surface area contributed by atoms with E-state index in [1.54, 1.807) is 12.2 Å². The van der Waals surface area contributed by atoms with Gasteiger partial charge in [0.15, 0.2) is 0 Å². The van der Waals surface area contributed by atoms with Crippen LogP contribution in [-0.4, -0.2) is 62.9 Å². The van der Waals surface area contributed by atoms with E-state index < -0.39 is 0 Å². The van der Waals surface area contributed by atoms with Gasteiger partial charge >= 0.3 is 0 Å². The van der Waals surface area contributed by atoms with Gasteiger partial charge in [0.2, 0.25) is 0 Å². The minimum Gasteiger partial charge on any atom is -0.412 e. The molecule has 190 valence electrons. The smallest absolute Gasteiger partial charge is 0.126 e. The molecule has 0 aromatic rings. The summed E-state index contributed by atoms with van der Waals surface area (Å²) in [4.78, 5) is 2.19. The van der Waals surface area contributed by atoms with Crippen molar-refractivity contribution in [2.75, 3.05) is 47.1 Å². The maximum Gasteiger partial charge on any atom is 0.126 e. The van der Waals surface area contributed by atoms with Gasteiger partial charge in [0.25, 0.3) is 0 Å². The first-order valence-electron chi connectivity index (χ1n) is 9.71. The average molecular weight is 470 g/mol. The molecular formula is C24H52FNO4S. The lowest BCUT2D eigenvalue weighted by Crippen LogP contribution is -2.28. The quantitative estimate of drug-likeness (QED) is 0.409. The molecule has 1 saturated heterocycles. The Hall–Kier alpha value is -0.700. The normalized spacial score (nSPS) is 19.1. The lowest BCUT2D eigenvalue weighted by Gasteiger charge is -2.28. The van der Waals surface area contributed by atoms with Gasteiger partial charge in [-0.05, 0) is 62.3 Å². The molecule has 1 aliphatic heterocycles. The van der Waals surface area contributed by atoms with Crippen LogP contribution in [0.1, 0.15) is 54.9 Å². The van der Waals surface area contributed by atoms with E-state index in [1.165, 1.54) is 0 Å². The Balaban J connectivity index is -0.000000451. The van der Waals surface area contributed by atoms with Gasteiger partial charge in [-0.25, -0.2) is 4.39 Å². The molecule has 1 aliphatic rings. The minimum absolute atomic E-state index is 0. The topological polar surface area (TPSA) is 84.7 Å². The van der Waals surface area contributed by atoms with Crippen molar-refractivity contribution in [3.8, 4) is 0 Å². The van der Waals surface area contributed by atoms with Crippen LogP contribution in [0.2, 0.25) is 0 Å². The Morgan fingerprint density at radius 2 is 1.87 bits per heavy atom. The number of rotatable bonds is 11.